The van der Waals surface area contributed by atoms with Crippen molar-refractivity contribution in [1.29, 1.82) is 0 Å². The van der Waals surface area contributed by atoms with E-state index in [1.165, 1.54) is 4.90 Å². The number of rotatable bonds is 7. The first-order chi connectivity index (χ1) is 16.3. The van der Waals surface area contributed by atoms with E-state index in [1.807, 2.05) is 44.2 Å². The molecule has 188 valence electrons. The average Bonchev–Trinajstić information content (AvgIpc) is 2.86. The number of anilines is 1. The highest BCUT2D eigenvalue weighted by atomic mass is 16.5. The molecule has 3 rings (SSSR count). The maximum atomic E-state index is 13.4. The number of aliphatic hydroxyl groups is 1. The molecule has 2 fully saturated rings. The number of hydrogen-bond acceptors (Lipinski definition) is 6. The molecule has 10 heteroatoms. The lowest BCUT2D eigenvalue weighted by molar-refractivity contribution is -0.148. The van der Waals surface area contributed by atoms with E-state index in [-0.39, 0.29) is 24.9 Å². The molecule has 4 N–H and O–H groups in total. The van der Waals surface area contributed by atoms with Gasteiger partial charge in [-0.25, -0.2) is 10.3 Å². The molecule has 1 saturated carbocycles. The highest BCUT2D eigenvalue weighted by Gasteiger charge is 2.45. The van der Waals surface area contributed by atoms with E-state index in [9.17, 15) is 29.8 Å². The van der Waals surface area contributed by atoms with Crippen molar-refractivity contribution in [3.8, 4) is 0 Å². The summed E-state index contributed by atoms with van der Waals surface area (Å²) in [5, 5.41) is 29.0. The second kappa shape index (κ2) is 11.5. The van der Waals surface area contributed by atoms with Gasteiger partial charge in [0, 0.05) is 43.8 Å². The first kappa shape index (κ1) is 25.8. The summed E-state index contributed by atoms with van der Waals surface area (Å²) in [7, 11) is 0. The van der Waals surface area contributed by atoms with Crippen LogP contribution in [0, 0.1) is 17.8 Å². The Kier molecular flexibility index (Phi) is 8.73. The number of amides is 3. The molecule has 0 aromatic heterocycles. The zero-order chi connectivity index (χ0) is 24.8. The standard InChI is InChI=1S/C24H36N4O6/c1-16(2)21(15-29)28(24(32)33)18-8-9-19(20(14-18)22(30)25-34)23(31)27-12-10-26(11-13-27)17-6-4-3-5-7-17/h3-7,16,18-21,29,34H,8-15H2,1-2H3,(H,25,30)(H,32,33)/t18-,19+,20+,21+/m1/s1. The number of benzene rings is 1. The Morgan fingerprint density at radius 2 is 1.71 bits per heavy atom. The Bertz CT molecular complexity index is 843. The van der Waals surface area contributed by atoms with Crippen LogP contribution >= 0.6 is 0 Å². The van der Waals surface area contributed by atoms with Gasteiger partial charge in [-0.05, 0) is 37.3 Å². The van der Waals surface area contributed by atoms with Crippen molar-refractivity contribution >= 4 is 23.6 Å². The number of hydroxylamine groups is 1. The number of aliphatic hydroxyl groups excluding tert-OH is 1. The van der Waals surface area contributed by atoms with Crippen molar-refractivity contribution in [2.75, 3.05) is 37.7 Å². The molecule has 10 nitrogen and oxygen atoms in total. The van der Waals surface area contributed by atoms with Crippen molar-refractivity contribution in [3.63, 3.8) is 0 Å². The summed E-state index contributed by atoms with van der Waals surface area (Å²) in [5.74, 6) is -2.41. The van der Waals surface area contributed by atoms with E-state index >= 15 is 0 Å². The molecule has 0 radical (unpaired) electrons. The van der Waals surface area contributed by atoms with Crippen LogP contribution in [0.2, 0.25) is 0 Å². The molecule has 3 amide bonds. The van der Waals surface area contributed by atoms with Crippen molar-refractivity contribution in [1.82, 2.24) is 15.3 Å². The maximum Gasteiger partial charge on any atom is 0.407 e. The predicted molar refractivity (Wildman–Crippen MR) is 125 cm³/mol. The van der Waals surface area contributed by atoms with Gasteiger partial charge in [-0.1, -0.05) is 32.0 Å². The van der Waals surface area contributed by atoms with Gasteiger partial charge in [0.05, 0.1) is 18.6 Å². The van der Waals surface area contributed by atoms with E-state index in [1.54, 1.807) is 10.4 Å². The molecule has 34 heavy (non-hydrogen) atoms. The summed E-state index contributed by atoms with van der Waals surface area (Å²) >= 11 is 0. The van der Waals surface area contributed by atoms with Crippen LogP contribution in [0.1, 0.15) is 33.1 Å². The van der Waals surface area contributed by atoms with Crippen molar-refractivity contribution in [3.05, 3.63) is 30.3 Å². The Hall–Kier alpha value is -2.85. The number of carboxylic acid groups (broad SMARTS) is 1. The molecule has 1 heterocycles. The highest BCUT2D eigenvalue weighted by Crippen LogP contribution is 2.36. The van der Waals surface area contributed by atoms with Gasteiger partial charge in [0.1, 0.15) is 0 Å². The Balaban J connectivity index is 1.71. The second-order valence-corrected chi connectivity index (χ2v) is 9.49. The zero-order valence-corrected chi connectivity index (χ0v) is 19.8. The first-order valence-electron chi connectivity index (χ1n) is 11.9. The summed E-state index contributed by atoms with van der Waals surface area (Å²) in [6.07, 6.45) is -0.309. The molecule has 0 unspecified atom stereocenters. The van der Waals surface area contributed by atoms with E-state index in [4.69, 9.17) is 0 Å². The second-order valence-electron chi connectivity index (χ2n) is 9.49. The molecule has 0 spiro atoms. The average molecular weight is 477 g/mol. The lowest BCUT2D eigenvalue weighted by atomic mass is 9.74. The van der Waals surface area contributed by atoms with Gasteiger partial charge in [0.25, 0.3) is 0 Å². The minimum atomic E-state index is -1.16. The number of nitrogens with one attached hydrogen (secondary N) is 1. The fourth-order valence-electron chi connectivity index (χ4n) is 5.32. The first-order valence-corrected chi connectivity index (χ1v) is 11.9. The minimum Gasteiger partial charge on any atom is -0.465 e. The normalized spacial score (nSPS) is 24.0. The molecule has 2 aliphatic rings. The van der Waals surface area contributed by atoms with Crippen molar-refractivity contribution < 1.29 is 29.8 Å². The Morgan fingerprint density at radius 3 is 2.24 bits per heavy atom. The summed E-state index contributed by atoms with van der Waals surface area (Å²) in [6.45, 7) is 5.76. The van der Waals surface area contributed by atoms with E-state index < -0.39 is 35.9 Å². The number of hydrogen-bond donors (Lipinski definition) is 4. The van der Waals surface area contributed by atoms with E-state index in [2.05, 4.69) is 4.90 Å². The SMILES string of the molecule is CC(C)[C@H](CO)N(C(=O)O)[C@@H]1CC[C@H](C(=O)N2CCN(c3ccccc3)CC2)[C@@H](C(=O)NO)C1. The van der Waals surface area contributed by atoms with Gasteiger partial charge in [0.15, 0.2) is 0 Å². The fourth-order valence-corrected chi connectivity index (χ4v) is 5.32. The quantitative estimate of drug-likeness (QED) is 0.347. The van der Waals surface area contributed by atoms with Crippen LogP contribution in [-0.4, -0.2) is 88.0 Å². The number of piperazine rings is 1. The van der Waals surface area contributed by atoms with Gasteiger partial charge >= 0.3 is 6.09 Å². The van der Waals surface area contributed by atoms with E-state index in [0.717, 1.165) is 5.69 Å². The zero-order valence-electron chi connectivity index (χ0n) is 19.8. The monoisotopic (exact) mass is 476 g/mol. The van der Waals surface area contributed by atoms with Gasteiger partial charge in [-0.15, -0.1) is 0 Å². The van der Waals surface area contributed by atoms with Gasteiger partial charge in [-0.2, -0.15) is 0 Å². The lowest BCUT2D eigenvalue weighted by Crippen LogP contribution is -2.57. The molecular formula is C24H36N4O6. The van der Waals surface area contributed by atoms with Crippen LogP contribution in [0.3, 0.4) is 0 Å². The summed E-state index contributed by atoms with van der Waals surface area (Å²) in [4.78, 5) is 43.2. The number of carbonyl (C=O) groups excluding carboxylic acids is 2. The molecule has 4 atom stereocenters. The number of nitrogens with zero attached hydrogens (tertiary/aromatic N) is 3. The molecule has 1 aromatic carbocycles. The van der Waals surface area contributed by atoms with Gasteiger partial charge < -0.3 is 20.0 Å². The molecular weight excluding hydrogens is 440 g/mol. The molecule has 1 aliphatic carbocycles. The van der Waals surface area contributed by atoms with Crippen molar-refractivity contribution in [2.45, 2.75) is 45.2 Å². The molecule has 1 aromatic rings. The third kappa shape index (κ3) is 5.61. The van der Waals surface area contributed by atoms with Crippen LogP contribution in [0.4, 0.5) is 10.5 Å². The molecule has 1 aliphatic heterocycles. The summed E-state index contributed by atoms with van der Waals surface area (Å²) < 4.78 is 0. The fraction of sp³-hybridized carbons (Fsp3) is 0.625. The highest BCUT2D eigenvalue weighted by molar-refractivity contribution is 5.87. The van der Waals surface area contributed by atoms with Crippen LogP contribution in [0.5, 0.6) is 0 Å². The predicted octanol–water partition coefficient (Wildman–Crippen LogP) is 1.62. The van der Waals surface area contributed by atoms with Crippen LogP contribution in [0.25, 0.3) is 0 Å². The number of carbonyl (C=O) groups is 3. The van der Waals surface area contributed by atoms with Crippen LogP contribution in [0.15, 0.2) is 30.3 Å². The van der Waals surface area contributed by atoms with Crippen molar-refractivity contribution in [2.24, 2.45) is 17.8 Å². The smallest absolute Gasteiger partial charge is 0.407 e. The van der Waals surface area contributed by atoms with Gasteiger partial charge in [0.2, 0.25) is 11.8 Å². The van der Waals surface area contributed by atoms with Gasteiger partial charge in [-0.3, -0.25) is 19.7 Å². The third-order valence-electron chi connectivity index (χ3n) is 7.23. The Labute approximate surface area is 200 Å². The topological polar surface area (TPSA) is 134 Å². The van der Waals surface area contributed by atoms with Crippen LogP contribution in [-0.2, 0) is 9.59 Å². The number of para-hydroxylation sites is 1. The maximum absolute atomic E-state index is 13.4. The lowest BCUT2D eigenvalue weighted by Gasteiger charge is -2.44. The Morgan fingerprint density at radius 1 is 1.06 bits per heavy atom. The minimum absolute atomic E-state index is 0.113. The molecule has 0 bridgehead atoms. The van der Waals surface area contributed by atoms with E-state index in [0.29, 0.717) is 39.0 Å². The largest absolute Gasteiger partial charge is 0.465 e. The summed E-state index contributed by atoms with van der Waals surface area (Å²) in [5.41, 5.74) is 2.77. The summed E-state index contributed by atoms with van der Waals surface area (Å²) in [6, 6.07) is 8.84. The third-order valence-corrected chi connectivity index (χ3v) is 7.23. The molecule has 1 saturated heterocycles. The van der Waals surface area contributed by atoms with Crippen LogP contribution < -0.4 is 10.4 Å².